The molecule has 0 N–H and O–H groups in total. The van der Waals surface area contributed by atoms with Crippen LogP contribution in [0.1, 0.15) is 37.7 Å². The van der Waals surface area contributed by atoms with Crippen LogP contribution in [0.25, 0.3) is 0 Å². The quantitative estimate of drug-likeness (QED) is 0.418. The van der Waals surface area contributed by atoms with Gasteiger partial charge in [-0.25, -0.2) is 0 Å². The number of carbonyl (C=O) groups excluding carboxylic acids is 3. The summed E-state index contributed by atoms with van der Waals surface area (Å²) in [6.45, 7) is 1.75. The standard InChI is InChI=1S/C26H31N3O5/c1-33-22-11-6-13-28(19-22)23(30)16-26(20-8-3-2-4-9-20)17-24(31)29(25(26)32)14-7-15-34-21-10-5-12-27-18-21/h2-5,8-10,12,18,22H,6-7,11,13-17,19H2,1H3/t22-,26-/m1/s1. The van der Waals surface area contributed by atoms with Crippen molar-refractivity contribution in [2.75, 3.05) is 33.4 Å². The number of methoxy groups -OCH3 is 1. The maximum absolute atomic E-state index is 13.7. The molecule has 3 heterocycles. The van der Waals surface area contributed by atoms with E-state index in [2.05, 4.69) is 4.98 Å². The SMILES string of the molecule is CO[C@@H]1CCCN(C(=O)C[C@]2(c3ccccc3)CC(=O)N(CCCOc3cccnc3)C2=O)C1. The zero-order valence-electron chi connectivity index (χ0n) is 19.5. The van der Waals surface area contributed by atoms with E-state index in [4.69, 9.17) is 9.47 Å². The molecular formula is C26H31N3O5. The lowest BCUT2D eigenvalue weighted by Gasteiger charge is -2.35. The highest BCUT2D eigenvalue weighted by Gasteiger charge is 2.54. The number of piperidine rings is 1. The topological polar surface area (TPSA) is 89.0 Å². The summed E-state index contributed by atoms with van der Waals surface area (Å²) >= 11 is 0. The molecule has 2 fully saturated rings. The first-order chi connectivity index (χ1) is 16.5. The van der Waals surface area contributed by atoms with E-state index in [-0.39, 0.29) is 43.2 Å². The Labute approximate surface area is 199 Å². The molecule has 0 aliphatic carbocycles. The average molecular weight is 466 g/mol. The molecule has 2 saturated heterocycles. The number of amides is 3. The predicted octanol–water partition coefficient (Wildman–Crippen LogP) is 2.57. The number of rotatable bonds is 9. The fourth-order valence-electron chi connectivity index (χ4n) is 4.82. The summed E-state index contributed by atoms with van der Waals surface area (Å²) < 4.78 is 11.1. The Bertz CT molecular complexity index is 1000. The van der Waals surface area contributed by atoms with Crippen LogP contribution in [0.2, 0.25) is 0 Å². The Morgan fingerprint density at radius 1 is 1.18 bits per heavy atom. The van der Waals surface area contributed by atoms with Gasteiger partial charge in [-0.1, -0.05) is 30.3 Å². The number of pyridine rings is 1. The van der Waals surface area contributed by atoms with Crippen LogP contribution in [-0.2, 0) is 24.5 Å². The van der Waals surface area contributed by atoms with E-state index in [1.165, 1.54) is 4.90 Å². The molecule has 0 radical (unpaired) electrons. The molecule has 3 amide bonds. The number of hydrogen-bond donors (Lipinski definition) is 0. The minimum absolute atomic E-state index is 0.00241. The van der Waals surface area contributed by atoms with Gasteiger partial charge >= 0.3 is 0 Å². The van der Waals surface area contributed by atoms with Crippen molar-refractivity contribution in [3.05, 3.63) is 60.4 Å². The number of hydrogen-bond acceptors (Lipinski definition) is 6. The summed E-state index contributed by atoms with van der Waals surface area (Å²) in [5.74, 6) is -0.0367. The van der Waals surface area contributed by atoms with Crippen molar-refractivity contribution in [3.8, 4) is 5.75 Å². The van der Waals surface area contributed by atoms with Gasteiger partial charge in [-0.05, 0) is 37.0 Å². The first-order valence-electron chi connectivity index (χ1n) is 11.8. The molecule has 0 saturated carbocycles. The van der Waals surface area contributed by atoms with E-state index in [0.29, 0.717) is 37.4 Å². The molecule has 2 aliphatic heterocycles. The van der Waals surface area contributed by atoms with E-state index in [9.17, 15) is 14.4 Å². The van der Waals surface area contributed by atoms with Gasteiger partial charge in [0.2, 0.25) is 17.7 Å². The lowest BCUT2D eigenvalue weighted by Crippen LogP contribution is -2.47. The van der Waals surface area contributed by atoms with Gasteiger partial charge in [0.15, 0.2) is 0 Å². The normalized spacial score (nSPS) is 22.8. The predicted molar refractivity (Wildman–Crippen MR) is 125 cm³/mol. The maximum Gasteiger partial charge on any atom is 0.240 e. The molecule has 2 aromatic rings. The van der Waals surface area contributed by atoms with Gasteiger partial charge in [0.05, 0.1) is 24.3 Å². The van der Waals surface area contributed by atoms with Gasteiger partial charge in [-0.2, -0.15) is 0 Å². The van der Waals surface area contributed by atoms with Gasteiger partial charge in [-0.3, -0.25) is 24.3 Å². The van der Waals surface area contributed by atoms with Crippen LogP contribution >= 0.6 is 0 Å². The second-order valence-electron chi connectivity index (χ2n) is 8.88. The van der Waals surface area contributed by atoms with E-state index < -0.39 is 5.41 Å². The highest BCUT2D eigenvalue weighted by molar-refractivity contribution is 6.10. The van der Waals surface area contributed by atoms with Crippen molar-refractivity contribution in [2.24, 2.45) is 0 Å². The third-order valence-electron chi connectivity index (χ3n) is 6.68. The number of imide groups is 1. The molecule has 1 aromatic heterocycles. The highest BCUT2D eigenvalue weighted by atomic mass is 16.5. The third kappa shape index (κ3) is 5.12. The average Bonchev–Trinajstić information content (AvgIpc) is 3.12. The molecule has 2 aliphatic rings. The molecule has 0 bridgehead atoms. The van der Waals surface area contributed by atoms with Crippen LogP contribution in [-0.4, -0.2) is 72.0 Å². The first-order valence-corrected chi connectivity index (χ1v) is 11.8. The van der Waals surface area contributed by atoms with Crippen molar-refractivity contribution in [3.63, 3.8) is 0 Å². The molecular weight excluding hydrogens is 434 g/mol. The molecule has 180 valence electrons. The fourth-order valence-corrected chi connectivity index (χ4v) is 4.82. The zero-order valence-corrected chi connectivity index (χ0v) is 19.5. The van der Waals surface area contributed by atoms with E-state index in [0.717, 1.165) is 12.8 Å². The van der Waals surface area contributed by atoms with Crippen LogP contribution in [0.15, 0.2) is 54.9 Å². The van der Waals surface area contributed by atoms with Crippen molar-refractivity contribution < 1.29 is 23.9 Å². The number of carbonyl (C=O) groups is 3. The molecule has 1 aromatic carbocycles. The Kier molecular flexibility index (Phi) is 7.57. The smallest absolute Gasteiger partial charge is 0.240 e. The summed E-state index contributed by atoms with van der Waals surface area (Å²) in [6.07, 6.45) is 5.52. The summed E-state index contributed by atoms with van der Waals surface area (Å²) in [7, 11) is 1.65. The third-order valence-corrected chi connectivity index (χ3v) is 6.68. The van der Waals surface area contributed by atoms with Crippen molar-refractivity contribution >= 4 is 17.7 Å². The monoisotopic (exact) mass is 465 g/mol. The molecule has 4 rings (SSSR count). The molecule has 2 atom stereocenters. The summed E-state index contributed by atoms with van der Waals surface area (Å²) in [5, 5.41) is 0. The van der Waals surface area contributed by atoms with Gasteiger partial charge in [0.1, 0.15) is 5.75 Å². The van der Waals surface area contributed by atoms with Gasteiger partial charge in [-0.15, -0.1) is 0 Å². The van der Waals surface area contributed by atoms with E-state index >= 15 is 0 Å². The Hall–Kier alpha value is -3.26. The number of nitrogens with zero attached hydrogens (tertiary/aromatic N) is 3. The second-order valence-corrected chi connectivity index (χ2v) is 8.88. The number of aromatic nitrogens is 1. The Balaban J connectivity index is 1.47. The zero-order chi connectivity index (χ0) is 24.0. The van der Waals surface area contributed by atoms with Crippen molar-refractivity contribution in [1.82, 2.24) is 14.8 Å². The lowest BCUT2D eigenvalue weighted by molar-refractivity contribution is -0.143. The summed E-state index contributed by atoms with van der Waals surface area (Å²) in [4.78, 5) is 47.1. The van der Waals surface area contributed by atoms with Crippen molar-refractivity contribution in [1.29, 1.82) is 0 Å². The van der Waals surface area contributed by atoms with Gasteiger partial charge in [0, 0.05) is 45.8 Å². The number of likely N-dealkylation sites (tertiary alicyclic amines) is 2. The molecule has 0 spiro atoms. The Morgan fingerprint density at radius 2 is 2.00 bits per heavy atom. The van der Waals surface area contributed by atoms with Crippen LogP contribution in [0.4, 0.5) is 0 Å². The fraction of sp³-hybridized carbons (Fsp3) is 0.462. The highest BCUT2D eigenvalue weighted by Crippen LogP contribution is 2.40. The number of benzene rings is 1. The van der Waals surface area contributed by atoms with Crippen LogP contribution < -0.4 is 4.74 Å². The second kappa shape index (κ2) is 10.8. The summed E-state index contributed by atoms with van der Waals surface area (Å²) in [5.41, 5.74) is -0.476. The van der Waals surface area contributed by atoms with Gasteiger partial charge < -0.3 is 14.4 Å². The van der Waals surface area contributed by atoms with Gasteiger partial charge in [0.25, 0.3) is 0 Å². The van der Waals surface area contributed by atoms with Crippen LogP contribution in [0.3, 0.4) is 0 Å². The Morgan fingerprint density at radius 3 is 2.74 bits per heavy atom. The largest absolute Gasteiger partial charge is 0.492 e. The number of ether oxygens (including phenoxy) is 2. The van der Waals surface area contributed by atoms with E-state index in [1.807, 2.05) is 30.3 Å². The maximum atomic E-state index is 13.7. The van der Waals surface area contributed by atoms with Crippen molar-refractivity contribution in [2.45, 2.75) is 43.6 Å². The molecule has 8 nitrogen and oxygen atoms in total. The van der Waals surface area contributed by atoms with Crippen LogP contribution in [0, 0.1) is 0 Å². The summed E-state index contributed by atoms with van der Waals surface area (Å²) in [6, 6.07) is 12.8. The molecule has 34 heavy (non-hydrogen) atoms. The van der Waals surface area contributed by atoms with E-state index in [1.54, 1.807) is 36.5 Å². The minimum Gasteiger partial charge on any atom is -0.492 e. The lowest BCUT2D eigenvalue weighted by atomic mass is 9.75. The molecule has 0 unspecified atom stereocenters. The minimum atomic E-state index is -1.18. The van der Waals surface area contributed by atoms with Crippen LogP contribution in [0.5, 0.6) is 5.75 Å². The first kappa shape index (κ1) is 23.9. The molecule has 8 heteroatoms.